The summed E-state index contributed by atoms with van der Waals surface area (Å²) in [5, 5.41) is 5.27. The first kappa shape index (κ1) is 30.3. The Kier molecular flexibility index (Phi) is 10.5. The van der Waals surface area contributed by atoms with Gasteiger partial charge in [-0.15, -0.1) is 0 Å². The maximum atomic E-state index is 13.1. The minimum atomic E-state index is -3.80. The molecule has 2 aromatic rings. The summed E-state index contributed by atoms with van der Waals surface area (Å²) in [6.07, 6.45) is 0.147. The second-order valence-electron chi connectivity index (χ2n) is 9.03. The Labute approximate surface area is 237 Å². The number of benzene rings is 2. The van der Waals surface area contributed by atoms with Crippen molar-refractivity contribution in [2.45, 2.75) is 23.8 Å². The van der Waals surface area contributed by atoms with Crippen LogP contribution in [-0.4, -0.2) is 95.8 Å². The van der Waals surface area contributed by atoms with Gasteiger partial charge in [-0.05, 0) is 30.7 Å². The lowest BCUT2D eigenvalue weighted by molar-refractivity contribution is -0.136. The number of anilines is 1. The topological polar surface area (TPSA) is 167 Å². The van der Waals surface area contributed by atoms with Crippen LogP contribution in [0.4, 0.5) is 5.69 Å². The van der Waals surface area contributed by atoms with Crippen molar-refractivity contribution in [3.05, 3.63) is 59.7 Å². The number of imide groups is 2. The highest BCUT2D eigenvalue weighted by atomic mass is 32.2. The predicted octanol–water partition coefficient (Wildman–Crippen LogP) is 0.955. The molecule has 2 heterocycles. The predicted molar refractivity (Wildman–Crippen MR) is 144 cm³/mol. The van der Waals surface area contributed by atoms with Gasteiger partial charge in [0.15, 0.2) is 0 Å². The summed E-state index contributed by atoms with van der Waals surface area (Å²) in [6.45, 7) is 1.83. The molecule has 0 aliphatic carbocycles. The number of fused-ring (bicyclic) bond motifs is 1. The molecule has 2 aliphatic heterocycles. The summed E-state index contributed by atoms with van der Waals surface area (Å²) in [6, 6.07) is 11.7. The highest BCUT2D eigenvalue weighted by Gasteiger charge is 2.45. The maximum absolute atomic E-state index is 13.1. The van der Waals surface area contributed by atoms with E-state index in [4.69, 9.17) is 18.4 Å². The van der Waals surface area contributed by atoms with Crippen LogP contribution in [0.1, 0.15) is 33.6 Å². The van der Waals surface area contributed by atoms with Crippen molar-refractivity contribution in [1.29, 1.82) is 0 Å². The molecule has 2 N–H and O–H groups in total. The van der Waals surface area contributed by atoms with Crippen molar-refractivity contribution in [1.82, 2.24) is 10.2 Å². The molecule has 0 aromatic heterocycles. The second-order valence-corrected chi connectivity index (χ2v) is 10.6. The molecule has 2 aliphatic rings. The Bertz CT molecular complexity index is 1370. The monoisotopic (exact) mass is 589 g/mol. The molecule has 0 bridgehead atoms. The highest BCUT2D eigenvalue weighted by Crippen LogP contribution is 2.32. The van der Waals surface area contributed by atoms with Crippen molar-refractivity contribution in [2.24, 2.45) is 0 Å². The number of rotatable bonds is 16. The largest absolute Gasteiger partial charge is 0.382 e. The minimum absolute atomic E-state index is 0.0551. The van der Waals surface area contributed by atoms with Gasteiger partial charge < -0.3 is 19.5 Å². The molecule has 4 amide bonds. The van der Waals surface area contributed by atoms with E-state index >= 15 is 0 Å². The van der Waals surface area contributed by atoms with Gasteiger partial charge in [0.1, 0.15) is 6.04 Å². The van der Waals surface area contributed by atoms with Crippen LogP contribution < -0.4 is 10.6 Å². The van der Waals surface area contributed by atoms with Gasteiger partial charge in [0.05, 0.1) is 62.3 Å². The summed E-state index contributed by atoms with van der Waals surface area (Å²) >= 11 is 0. The van der Waals surface area contributed by atoms with E-state index in [9.17, 15) is 27.6 Å². The Balaban J connectivity index is 1.08. The van der Waals surface area contributed by atoms with Crippen LogP contribution in [0.3, 0.4) is 0 Å². The molecule has 1 atom stereocenters. The van der Waals surface area contributed by atoms with Gasteiger partial charge in [0, 0.05) is 18.7 Å². The molecule has 13 nitrogen and oxygen atoms in total. The Morgan fingerprint density at radius 3 is 2.15 bits per heavy atom. The van der Waals surface area contributed by atoms with Gasteiger partial charge in [0.25, 0.3) is 21.9 Å². The van der Waals surface area contributed by atoms with E-state index in [0.717, 1.165) is 4.90 Å². The fourth-order valence-electron chi connectivity index (χ4n) is 4.32. The first-order valence-corrected chi connectivity index (χ1v) is 14.5. The van der Waals surface area contributed by atoms with Gasteiger partial charge in [0.2, 0.25) is 11.8 Å². The molecule has 0 saturated carbocycles. The average Bonchev–Trinajstić information content (AvgIpc) is 3.21. The summed E-state index contributed by atoms with van der Waals surface area (Å²) in [7, 11) is -3.80. The number of amides is 4. The third-order valence-corrected chi connectivity index (χ3v) is 7.60. The smallest absolute Gasteiger partial charge is 0.297 e. The molecular weight excluding hydrogens is 558 g/mol. The second kappa shape index (κ2) is 14.3. The third kappa shape index (κ3) is 7.74. The quantitative estimate of drug-likeness (QED) is 0.163. The van der Waals surface area contributed by atoms with Crippen molar-refractivity contribution in [3.63, 3.8) is 0 Å². The van der Waals surface area contributed by atoms with Gasteiger partial charge in [-0.2, -0.15) is 8.42 Å². The average molecular weight is 590 g/mol. The molecule has 41 heavy (non-hydrogen) atoms. The van der Waals surface area contributed by atoms with Crippen molar-refractivity contribution in [3.8, 4) is 0 Å². The molecule has 0 spiro atoms. The van der Waals surface area contributed by atoms with E-state index in [1.165, 1.54) is 18.2 Å². The molecular formula is C27H31N3O10S. The number of nitrogens with zero attached hydrogens (tertiary/aromatic N) is 1. The minimum Gasteiger partial charge on any atom is -0.382 e. The maximum Gasteiger partial charge on any atom is 0.297 e. The normalized spacial score (nSPS) is 17.1. The van der Waals surface area contributed by atoms with E-state index in [1.54, 1.807) is 30.3 Å². The fraction of sp³-hybridized carbons (Fsp3) is 0.407. The van der Waals surface area contributed by atoms with E-state index < -0.39 is 39.8 Å². The number of piperidine rings is 1. The van der Waals surface area contributed by atoms with Crippen LogP contribution in [0.25, 0.3) is 0 Å². The van der Waals surface area contributed by atoms with E-state index in [1.807, 2.05) is 0 Å². The molecule has 14 heteroatoms. The third-order valence-electron chi connectivity index (χ3n) is 6.27. The molecule has 220 valence electrons. The molecule has 1 fully saturated rings. The zero-order valence-electron chi connectivity index (χ0n) is 22.2. The van der Waals surface area contributed by atoms with Crippen LogP contribution in [0.2, 0.25) is 0 Å². The van der Waals surface area contributed by atoms with Crippen LogP contribution in [-0.2, 0) is 38.1 Å². The number of carbonyl (C=O) groups is 4. The van der Waals surface area contributed by atoms with Gasteiger partial charge >= 0.3 is 0 Å². The standard InChI is InChI=1S/C27H31N3O10S/c31-23-10-9-22(25(32)29-23)30-26(33)20-7-4-8-21(24(20)27(30)34)28-11-12-37-13-14-38-15-16-39-17-18-40-41(35,36)19-5-2-1-3-6-19/h1-8,22,28H,9-18H2,(H,29,31,32). The number of hydrogen-bond acceptors (Lipinski definition) is 11. The lowest BCUT2D eigenvalue weighted by Gasteiger charge is -2.27. The summed E-state index contributed by atoms with van der Waals surface area (Å²) in [5.41, 5.74) is 0.840. The van der Waals surface area contributed by atoms with E-state index in [-0.39, 0.29) is 48.7 Å². The Morgan fingerprint density at radius 2 is 1.46 bits per heavy atom. The molecule has 4 rings (SSSR count). The van der Waals surface area contributed by atoms with Gasteiger partial charge in [-0.1, -0.05) is 24.3 Å². The first-order valence-electron chi connectivity index (χ1n) is 13.1. The molecule has 0 radical (unpaired) electrons. The van der Waals surface area contributed by atoms with Crippen molar-refractivity contribution in [2.75, 3.05) is 58.1 Å². The number of ether oxygens (including phenoxy) is 3. The number of hydrogen-bond donors (Lipinski definition) is 2. The van der Waals surface area contributed by atoms with Crippen LogP contribution in [0.15, 0.2) is 53.4 Å². The lowest BCUT2D eigenvalue weighted by atomic mass is 10.0. The zero-order chi connectivity index (χ0) is 29.2. The fourth-order valence-corrected chi connectivity index (χ4v) is 5.23. The molecule has 2 aromatic carbocycles. The molecule has 1 saturated heterocycles. The highest BCUT2D eigenvalue weighted by molar-refractivity contribution is 7.86. The lowest BCUT2D eigenvalue weighted by Crippen LogP contribution is -2.54. The van der Waals surface area contributed by atoms with Crippen molar-refractivity contribution >= 4 is 39.4 Å². The van der Waals surface area contributed by atoms with Crippen molar-refractivity contribution < 1.29 is 46.0 Å². The van der Waals surface area contributed by atoms with Crippen LogP contribution in [0.5, 0.6) is 0 Å². The Hall–Kier alpha value is -3.69. The summed E-state index contributed by atoms with van der Waals surface area (Å²) < 4.78 is 45.2. The van der Waals surface area contributed by atoms with E-state index in [2.05, 4.69) is 10.6 Å². The SMILES string of the molecule is O=C1CCC(N2C(=O)c3cccc(NCCOCCOCCOCCOS(=O)(=O)c4ccccc4)c3C2=O)C(=O)N1. The zero-order valence-corrected chi connectivity index (χ0v) is 23.0. The Morgan fingerprint density at radius 1 is 0.805 bits per heavy atom. The summed E-state index contributed by atoms with van der Waals surface area (Å²) in [4.78, 5) is 50.7. The summed E-state index contributed by atoms with van der Waals surface area (Å²) in [5.74, 6) is -2.23. The van der Waals surface area contributed by atoms with E-state index in [0.29, 0.717) is 38.7 Å². The number of nitrogens with one attached hydrogen (secondary N) is 2. The van der Waals surface area contributed by atoms with Crippen LogP contribution in [0, 0.1) is 0 Å². The number of carbonyl (C=O) groups excluding carboxylic acids is 4. The van der Waals surface area contributed by atoms with Crippen LogP contribution >= 0.6 is 0 Å². The molecule has 1 unspecified atom stereocenters. The van der Waals surface area contributed by atoms with Gasteiger partial charge in [-0.25, -0.2) is 0 Å². The first-order chi connectivity index (χ1) is 19.8. The van der Waals surface area contributed by atoms with Gasteiger partial charge in [-0.3, -0.25) is 33.6 Å².